The maximum atomic E-state index is 12.6. The van der Waals surface area contributed by atoms with Crippen molar-refractivity contribution in [1.82, 2.24) is 4.90 Å². The predicted octanol–water partition coefficient (Wildman–Crippen LogP) is 4.60. The van der Waals surface area contributed by atoms with Crippen LogP contribution < -0.4 is 4.90 Å². The second-order valence-electron chi connectivity index (χ2n) is 6.62. The molecule has 0 N–H and O–H groups in total. The molecule has 2 aromatic carbocycles. The molecule has 5 heteroatoms. The predicted molar refractivity (Wildman–Crippen MR) is 112 cm³/mol. The van der Waals surface area contributed by atoms with Crippen LogP contribution in [0.4, 0.5) is 11.4 Å². The lowest BCUT2D eigenvalue weighted by atomic mass is 10.1. The number of nitrogens with zero attached hydrogens (tertiary/aromatic N) is 3. The number of likely N-dealkylation sites (N-methyl/N-ethyl adjacent to an activating group) is 1. The number of aliphatic imine (C=N–C) groups is 1. The molecule has 3 rings (SSSR count). The molecule has 0 spiro atoms. The molecule has 0 aromatic heterocycles. The van der Waals surface area contributed by atoms with E-state index in [4.69, 9.17) is 0 Å². The number of hydrogen-bond donors (Lipinski definition) is 0. The van der Waals surface area contributed by atoms with Gasteiger partial charge in [0.15, 0.2) is 5.17 Å². The van der Waals surface area contributed by atoms with E-state index in [1.807, 2.05) is 56.6 Å². The van der Waals surface area contributed by atoms with Crippen molar-refractivity contribution < 1.29 is 4.79 Å². The standard InChI is InChI=1S/C21H23N3OS/c1-14-6-9-17(12-15(14)2)22-21-24(5)20(25)19(26-21)13-16-7-10-18(11-8-16)23(3)4/h6-13H,1-5H3/b19-13+,22-21?. The fraction of sp³-hybridized carbons (Fsp3) is 0.238. The van der Waals surface area contributed by atoms with Gasteiger partial charge < -0.3 is 4.90 Å². The van der Waals surface area contributed by atoms with Crippen molar-refractivity contribution in [1.29, 1.82) is 0 Å². The van der Waals surface area contributed by atoms with Crippen LogP contribution in [0.3, 0.4) is 0 Å². The van der Waals surface area contributed by atoms with Gasteiger partial charge in [0.25, 0.3) is 5.91 Å². The lowest BCUT2D eigenvalue weighted by Crippen LogP contribution is -2.23. The Morgan fingerprint density at radius 2 is 1.73 bits per heavy atom. The first-order valence-electron chi connectivity index (χ1n) is 8.46. The van der Waals surface area contributed by atoms with Gasteiger partial charge in [-0.05, 0) is 72.6 Å². The molecule has 0 atom stereocenters. The van der Waals surface area contributed by atoms with Gasteiger partial charge in [0, 0.05) is 26.8 Å². The number of aryl methyl sites for hydroxylation is 2. The Morgan fingerprint density at radius 1 is 1.04 bits per heavy atom. The van der Waals surface area contributed by atoms with Crippen LogP contribution in [-0.2, 0) is 4.79 Å². The summed E-state index contributed by atoms with van der Waals surface area (Å²) in [4.78, 5) is 21.6. The first-order chi connectivity index (χ1) is 12.3. The minimum atomic E-state index is -0.0192. The highest BCUT2D eigenvalue weighted by Crippen LogP contribution is 2.33. The summed E-state index contributed by atoms with van der Waals surface area (Å²) < 4.78 is 0. The van der Waals surface area contributed by atoms with Gasteiger partial charge in [-0.25, -0.2) is 4.99 Å². The number of thioether (sulfide) groups is 1. The Bertz CT molecular complexity index is 898. The summed E-state index contributed by atoms with van der Waals surface area (Å²) in [6.07, 6.45) is 1.92. The highest BCUT2D eigenvalue weighted by molar-refractivity contribution is 8.18. The fourth-order valence-electron chi connectivity index (χ4n) is 2.58. The van der Waals surface area contributed by atoms with Gasteiger partial charge in [0.05, 0.1) is 10.6 Å². The lowest BCUT2D eigenvalue weighted by Gasteiger charge is -2.11. The average molecular weight is 366 g/mol. The summed E-state index contributed by atoms with van der Waals surface area (Å²) in [7, 11) is 5.79. The van der Waals surface area contributed by atoms with E-state index < -0.39 is 0 Å². The Hall–Kier alpha value is -2.53. The van der Waals surface area contributed by atoms with E-state index in [9.17, 15) is 4.79 Å². The second-order valence-corrected chi connectivity index (χ2v) is 7.63. The number of benzene rings is 2. The van der Waals surface area contributed by atoms with Crippen molar-refractivity contribution in [3.05, 3.63) is 64.1 Å². The fourth-order valence-corrected chi connectivity index (χ4v) is 3.56. The Kier molecular flexibility index (Phi) is 5.18. The monoisotopic (exact) mass is 365 g/mol. The maximum Gasteiger partial charge on any atom is 0.266 e. The Balaban J connectivity index is 1.85. The highest BCUT2D eigenvalue weighted by atomic mass is 32.2. The van der Waals surface area contributed by atoms with Crippen LogP contribution in [0.5, 0.6) is 0 Å². The zero-order valence-corrected chi connectivity index (χ0v) is 16.6. The number of rotatable bonds is 3. The lowest BCUT2D eigenvalue weighted by molar-refractivity contribution is -0.121. The summed E-state index contributed by atoms with van der Waals surface area (Å²) in [6.45, 7) is 4.15. The number of amidine groups is 1. The van der Waals surface area contributed by atoms with Crippen molar-refractivity contribution >= 4 is 40.3 Å². The van der Waals surface area contributed by atoms with E-state index in [1.165, 1.54) is 22.9 Å². The quantitative estimate of drug-likeness (QED) is 0.746. The van der Waals surface area contributed by atoms with Gasteiger partial charge in [-0.1, -0.05) is 18.2 Å². The van der Waals surface area contributed by atoms with Crippen LogP contribution in [0.15, 0.2) is 52.4 Å². The molecule has 0 unspecified atom stereocenters. The van der Waals surface area contributed by atoms with Gasteiger partial charge in [0.2, 0.25) is 0 Å². The molecule has 1 aliphatic rings. The van der Waals surface area contributed by atoms with Crippen molar-refractivity contribution in [3.8, 4) is 0 Å². The van der Waals surface area contributed by atoms with Crippen molar-refractivity contribution in [2.24, 2.45) is 4.99 Å². The molecule has 1 saturated heterocycles. The van der Waals surface area contributed by atoms with E-state index >= 15 is 0 Å². The van der Waals surface area contributed by atoms with Crippen LogP contribution in [0.1, 0.15) is 16.7 Å². The zero-order chi connectivity index (χ0) is 18.8. The van der Waals surface area contributed by atoms with Gasteiger partial charge in [0.1, 0.15) is 0 Å². The number of amides is 1. The Labute approximate surface area is 159 Å². The number of carbonyl (C=O) groups is 1. The number of carbonyl (C=O) groups excluding carboxylic acids is 1. The van der Waals surface area contributed by atoms with E-state index in [0.29, 0.717) is 10.1 Å². The van der Waals surface area contributed by atoms with Gasteiger partial charge in [-0.3, -0.25) is 9.69 Å². The first-order valence-corrected chi connectivity index (χ1v) is 9.28. The molecule has 0 saturated carbocycles. The van der Waals surface area contributed by atoms with E-state index in [-0.39, 0.29) is 5.91 Å². The third-order valence-corrected chi connectivity index (χ3v) is 5.49. The summed E-state index contributed by atoms with van der Waals surface area (Å²) in [6, 6.07) is 14.2. The maximum absolute atomic E-state index is 12.6. The summed E-state index contributed by atoms with van der Waals surface area (Å²) in [5, 5.41) is 0.703. The molecular formula is C21H23N3OS. The SMILES string of the molecule is Cc1ccc(N=C2S/C(=C/c3ccc(N(C)C)cc3)C(=O)N2C)cc1C. The van der Waals surface area contributed by atoms with Crippen LogP contribution in [0.25, 0.3) is 6.08 Å². The van der Waals surface area contributed by atoms with Crippen molar-refractivity contribution in [2.45, 2.75) is 13.8 Å². The summed E-state index contributed by atoms with van der Waals surface area (Å²) in [5.74, 6) is -0.0192. The Morgan fingerprint density at radius 3 is 2.35 bits per heavy atom. The van der Waals surface area contributed by atoms with Crippen LogP contribution in [-0.4, -0.2) is 37.1 Å². The summed E-state index contributed by atoms with van der Waals surface area (Å²) >= 11 is 1.41. The van der Waals surface area contributed by atoms with E-state index in [2.05, 4.69) is 29.8 Å². The average Bonchev–Trinajstić information content (AvgIpc) is 2.87. The minimum absolute atomic E-state index is 0.0192. The van der Waals surface area contributed by atoms with Crippen molar-refractivity contribution in [2.75, 3.05) is 26.0 Å². The zero-order valence-electron chi connectivity index (χ0n) is 15.8. The molecule has 1 heterocycles. The molecule has 0 bridgehead atoms. The third-order valence-electron chi connectivity index (χ3n) is 4.43. The largest absolute Gasteiger partial charge is 0.378 e. The third kappa shape index (κ3) is 3.83. The number of hydrogen-bond acceptors (Lipinski definition) is 4. The molecule has 1 aliphatic heterocycles. The van der Waals surface area contributed by atoms with Crippen LogP contribution >= 0.6 is 11.8 Å². The molecule has 1 fully saturated rings. The normalized spacial score (nSPS) is 17.4. The first kappa shape index (κ1) is 18.3. The van der Waals surface area contributed by atoms with Gasteiger partial charge in [-0.15, -0.1) is 0 Å². The molecule has 2 aromatic rings. The topological polar surface area (TPSA) is 35.9 Å². The van der Waals surface area contributed by atoms with Crippen molar-refractivity contribution in [3.63, 3.8) is 0 Å². The molecule has 134 valence electrons. The van der Waals surface area contributed by atoms with Gasteiger partial charge >= 0.3 is 0 Å². The molecule has 0 radical (unpaired) electrons. The minimum Gasteiger partial charge on any atom is -0.378 e. The molecule has 1 amide bonds. The van der Waals surface area contributed by atoms with Crippen LogP contribution in [0.2, 0.25) is 0 Å². The summed E-state index contributed by atoms with van der Waals surface area (Å²) in [5.41, 5.74) is 5.44. The molecule has 4 nitrogen and oxygen atoms in total. The van der Waals surface area contributed by atoms with E-state index in [0.717, 1.165) is 16.9 Å². The molecule has 0 aliphatic carbocycles. The van der Waals surface area contributed by atoms with Crippen LogP contribution in [0, 0.1) is 13.8 Å². The highest BCUT2D eigenvalue weighted by Gasteiger charge is 2.30. The van der Waals surface area contributed by atoms with Gasteiger partial charge in [-0.2, -0.15) is 0 Å². The second kappa shape index (κ2) is 7.38. The molecule has 26 heavy (non-hydrogen) atoms. The van der Waals surface area contributed by atoms with E-state index in [1.54, 1.807) is 11.9 Å². The molecular weight excluding hydrogens is 342 g/mol. The smallest absolute Gasteiger partial charge is 0.266 e. The number of anilines is 1.